The number of hydrogen-bond acceptors (Lipinski definition) is 3. The number of aromatic amines is 1. The molecule has 0 radical (unpaired) electrons. The van der Waals surface area contributed by atoms with E-state index in [2.05, 4.69) is 21.4 Å². The van der Waals surface area contributed by atoms with Gasteiger partial charge >= 0.3 is 0 Å². The number of nitrogens with one attached hydrogen (secondary N) is 2. The van der Waals surface area contributed by atoms with E-state index in [4.69, 9.17) is 5.26 Å². The lowest BCUT2D eigenvalue weighted by Gasteiger charge is -2.15. The number of pyridine rings is 1. The fourth-order valence-electron chi connectivity index (χ4n) is 1.71. The highest BCUT2D eigenvalue weighted by atomic mass is 14.9. The molecule has 0 aromatic carbocycles. The van der Waals surface area contributed by atoms with Crippen LogP contribution in [0.25, 0.3) is 11.0 Å². The van der Waals surface area contributed by atoms with Crippen LogP contribution in [0.1, 0.15) is 19.4 Å². The molecule has 0 aliphatic heterocycles. The number of aromatic nitrogens is 2. The van der Waals surface area contributed by atoms with Crippen LogP contribution in [0, 0.1) is 16.7 Å². The van der Waals surface area contributed by atoms with Gasteiger partial charge in [0, 0.05) is 30.9 Å². The standard InChI is InChI=1S/C13H16N4/c1-13(2,8-14)9-15-6-10-7-17-12-11(10)4-3-5-16-12/h3-5,7,15H,6,9H2,1-2H3,(H,16,17). The van der Waals surface area contributed by atoms with Gasteiger partial charge in [0.25, 0.3) is 0 Å². The maximum absolute atomic E-state index is 8.92. The summed E-state index contributed by atoms with van der Waals surface area (Å²) in [6, 6.07) is 6.25. The predicted molar refractivity (Wildman–Crippen MR) is 67.2 cm³/mol. The van der Waals surface area contributed by atoms with Crippen molar-refractivity contribution >= 4 is 11.0 Å². The fourth-order valence-corrected chi connectivity index (χ4v) is 1.71. The number of fused-ring (bicyclic) bond motifs is 1. The first kappa shape index (κ1) is 11.6. The molecular weight excluding hydrogens is 212 g/mol. The highest BCUT2D eigenvalue weighted by Crippen LogP contribution is 2.16. The number of rotatable bonds is 4. The Balaban J connectivity index is 2.03. The van der Waals surface area contributed by atoms with E-state index in [1.54, 1.807) is 6.20 Å². The third kappa shape index (κ3) is 2.63. The molecule has 17 heavy (non-hydrogen) atoms. The molecule has 0 saturated carbocycles. The molecule has 2 rings (SSSR count). The number of nitriles is 1. The molecule has 0 unspecified atom stereocenters. The van der Waals surface area contributed by atoms with Crippen LogP contribution in [0.15, 0.2) is 24.5 Å². The highest BCUT2D eigenvalue weighted by Gasteiger charge is 2.15. The topological polar surface area (TPSA) is 64.5 Å². The molecule has 0 amide bonds. The Morgan fingerprint density at radius 1 is 1.53 bits per heavy atom. The van der Waals surface area contributed by atoms with Gasteiger partial charge in [-0.3, -0.25) is 0 Å². The van der Waals surface area contributed by atoms with Crippen LogP contribution in [-0.4, -0.2) is 16.5 Å². The third-order valence-corrected chi connectivity index (χ3v) is 2.72. The lowest BCUT2D eigenvalue weighted by molar-refractivity contribution is 0.445. The monoisotopic (exact) mass is 228 g/mol. The summed E-state index contributed by atoms with van der Waals surface area (Å²) in [6.07, 6.45) is 3.73. The predicted octanol–water partition coefficient (Wildman–Crippen LogP) is 2.20. The van der Waals surface area contributed by atoms with E-state index in [0.29, 0.717) is 6.54 Å². The van der Waals surface area contributed by atoms with Crippen molar-refractivity contribution in [1.82, 2.24) is 15.3 Å². The first-order valence-corrected chi connectivity index (χ1v) is 5.65. The molecule has 0 spiro atoms. The summed E-state index contributed by atoms with van der Waals surface area (Å²) in [4.78, 5) is 7.37. The second kappa shape index (κ2) is 4.56. The summed E-state index contributed by atoms with van der Waals surface area (Å²) >= 11 is 0. The molecule has 2 aromatic heterocycles. The quantitative estimate of drug-likeness (QED) is 0.843. The molecule has 0 fully saturated rings. The van der Waals surface area contributed by atoms with Crippen molar-refractivity contribution in [3.05, 3.63) is 30.1 Å². The second-order valence-corrected chi connectivity index (χ2v) is 4.81. The minimum Gasteiger partial charge on any atom is -0.346 e. The van der Waals surface area contributed by atoms with E-state index < -0.39 is 0 Å². The minimum atomic E-state index is -0.329. The normalized spacial score (nSPS) is 11.6. The number of hydrogen-bond donors (Lipinski definition) is 2. The molecule has 0 aliphatic rings. The van der Waals surface area contributed by atoms with Gasteiger partial charge in [-0.05, 0) is 31.5 Å². The van der Waals surface area contributed by atoms with Gasteiger partial charge in [-0.15, -0.1) is 0 Å². The van der Waals surface area contributed by atoms with E-state index in [0.717, 1.165) is 17.6 Å². The molecule has 0 atom stereocenters. The van der Waals surface area contributed by atoms with Gasteiger partial charge in [0.15, 0.2) is 0 Å². The van der Waals surface area contributed by atoms with E-state index in [1.165, 1.54) is 5.56 Å². The second-order valence-electron chi connectivity index (χ2n) is 4.81. The average molecular weight is 228 g/mol. The minimum absolute atomic E-state index is 0.329. The Morgan fingerprint density at radius 3 is 3.12 bits per heavy atom. The summed E-state index contributed by atoms with van der Waals surface area (Å²) in [5.41, 5.74) is 1.76. The van der Waals surface area contributed by atoms with E-state index in [-0.39, 0.29) is 5.41 Å². The molecular formula is C13H16N4. The van der Waals surface area contributed by atoms with Crippen molar-refractivity contribution in [1.29, 1.82) is 5.26 Å². The maximum Gasteiger partial charge on any atom is 0.137 e. The Bertz CT molecular complexity index is 548. The van der Waals surface area contributed by atoms with E-state index in [9.17, 15) is 0 Å². The fraction of sp³-hybridized carbons (Fsp3) is 0.385. The zero-order valence-electron chi connectivity index (χ0n) is 10.1. The van der Waals surface area contributed by atoms with Crippen molar-refractivity contribution in [3.8, 4) is 6.07 Å². The molecule has 0 bridgehead atoms. The van der Waals surface area contributed by atoms with Crippen LogP contribution in [0.5, 0.6) is 0 Å². The summed E-state index contributed by atoms with van der Waals surface area (Å²) < 4.78 is 0. The zero-order chi connectivity index (χ0) is 12.3. The molecule has 2 N–H and O–H groups in total. The van der Waals surface area contributed by atoms with Crippen LogP contribution < -0.4 is 5.32 Å². The van der Waals surface area contributed by atoms with Crippen LogP contribution in [0.4, 0.5) is 0 Å². The Kier molecular flexibility index (Phi) is 3.12. The lowest BCUT2D eigenvalue weighted by atomic mass is 9.96. The SMILES string of the molecule is CC(C)(C#N)CNCc1c[nH]c2ncccc12. The van der Waals surface area contributed by atoms with E-state index in [1.807, 2.05) is 32.2 Å². The summed E-state index contributed by atoms with van der Waals surface area (Å²) in [7, 11) is 0. The smallest absolute Gasteiger partial charge is 0.137 e. The van der Waals surface area contributed by atoms with Crippen LogP contribution in [0.2, 0.25) is 0 Å². The number of nitrogens with zero attached hydrogens (tertiary/aromatic N) is 2. The van der Waals surface area contributed by atoms with Gasteiger partial charge in [0.05, 0.1) is 11.5 Å². The molecule has 88 valence electrons. The zero-order valence-corrected chi connectivity index (χ0v) is 10.1. The van der Waals surface area contributed by atoms with Gasteiger partial charge in [0.2, 0.25) is 0 Å². The van der Waals surface area contributed by atoms with E-state index >= 15 is 0 Å². The third-order valence-electron chi connectivity index (χ3n) is 2.72. The van der Waals surface area contributed by atoms with Gasteiger partial charge in [-0.2, -0.15) is 5.26 Å². The lowest BCUT2D eigenvalue weighted by Crippen LogP contribution is -2.27. The van der Waals surface area contributed by atoms with Crippen molar-refractivity contribution in [2.24, 2.45) is 5.41 Å². The summed E-state index contributed by atoms with van der Waals surface area (Å²) in [5.74, 6) is 0. The molecule has 4 nitrogen and oxygen atoms in total. The number of H-pyrrole nitrogens is 1. The molecule has 2 aromatic rings. The van der Waals surface area contributed by atoms with Crippen molar-refractivity contribution in [3.63, 3.8) is 0 Å². The van der Waals surface area contributed by atoms with Crippen LogP contribution >= 0.6 is 0 Å². The Hall–Kier alpha value is -1.86. The van der Waals surface area contributed by atoms with Crippen molar-refractivity contribution < 1.29 is 0 Å². The Morgan fingerprint density at radius 2 is 2.35 bits per heavy atom. The van der Waals surface area contributed by atoms with Crippen molar-refractivity contribution in [2.45, 2.75) is 20.4 Å². The summed E-state index contributed by atoms with van der Waals surface area (Å²) in [5, 5.41) is 13.4. The first-order valence-electron chi connectivity index (χ1n) is 5.65. The Labute approximate surface area is 101 Å². The molecule has 0 saturated heterocycles. The van der Waals surface area contributed by atoms with Gasteiger partial charge in [-0.1, -0.05) is 0 Å². The highest BCUT2D eigenvalue weighted by molar-refractivity contribution is 5.79. The molecule has 2 heterocycles. The molecule has 4 heteroatoms. The van der Waals surface area contributed by atoms with Crippen LogP contribution in [0.3, 0.4) is 0 Å². The van der Waals surface area contributed by atoms with Crippen LogP contribution in [-0.2, 0) is 6.54 Å². The molecule has 0 aliphatic carbocycles. The van der Waals surface area contributed by atoms with Gasteiger partial charge < -0.3 is 10.3 Å². The largest absolute Gasteiger partial charge is 0.346 e. The first-order chi connectivity index (χ1) is 8.12. The van der Waals surface area contributed by atoms with Gasteiger partial charge in [-0.25, -0.2) is 4.98 Å². The summed E-state index contributed by atoms with van der Waals surface area (Å²) in [6.45, 7) is 5.28. The van der Waals surface area contributed by atoms with Crippen molar-refractivity contribution in [2.75, 3.05) is 6.54 Å². The maximum atomic E-state index is 8.92. The van der Waals surface area contributed by atoms with Gasteiger partial charge in [0.1, 0.15) is 5.65 Å². The average Bonchev–Trinajstić information content (AvgIpc) is 2.73.